The summed E-state index contributed by atoms with van der Waals surface area (Å²) in [7, 11) is 0. The number of carbonyl (C=O) groups is 4. The normalized spacial score (nSPS) is 15.0. The predicted octanol–water partition coefficient (Wildman–Crippen LogP) is -2.16. The van der Waals surface area contributed by atoms with Gasteiger partial charge in [-0.15, -0.1) is 0 Å². The molecule has 0 aromatic carbocycles. The second kappa shape index (κ2) is 12.9. The molecule has 6 amide bonds. The smallest absolute Gasteiger partial charge is 0.309 e. The first-order valence-corrected chi connectivity index (χ1v) is 5.89. The molecule has 2 saturated heterocycles. The third-order valence-corrected chi connectivity index (χ3v) is 1.81. The van der Waals surface area contributed by atoms with Crippen LogP contribution in [0.3, 0.4) is 0 Å². The monoisotopic (exact) mass is 290 g/mol. The van der Waals surface area contributed by atoms with Gasteiger partial charge in [0.25, 0.3) is 0 Å². The van der Waals surface area contributed by atoms with Crippen LogP contribution in [0.2, 0.25) is 0 Å². The first kappa shape index (κ1) is 19.8. The Morgan fingerprint density at radius 2 is 1.00 bits per heavy atom. The van der Waals surface area contributed by atoms with E-state index >= 15 is 0 Å². The molecule has 10 nitrogen and oxygen atoms in total. The molecule has 2 fully saturated rings. The summed E-state index contributed by atoms with van der Waals surface area (Å²) in [6.07, 6.45) is 3.53. The zero-order chi connectivity index (χ0) is 16.0. The van der Waals surface area contributed by atoms with Crippen LogP contribution in [-0.2, 0) is 9.59 Å². The van der Waals surface area contributed by atoms with Crippen molar-refractivity contribution >= 4 is 23.9 Å². The maximum absolute atomic E-state index is 10.1. The number of hydrogen-bond acceptors (Lipinski definition) is 4. The van der Waals surface area contributed by atoms with E-state index in [0.717, 1.165) is 38.8 Å². The fraction of sp³-hybridized carbons (Fsp3) is 0.600. The molecule has 0 unspecified atom stereocenters. The Balaban J connectivity index is 0. The van der Waals surface area contributed by atoms with Gasteiger partial charge in [-0.3, -0.25) is 9.59 Å². The second-order valence-electron chi connectivity index (χ2n) is 3.71. The Morgan fingerprint density at radius 3 is 1.05 bits per heavy atom. The number of rotatable bonds is 0. The molecule has 0 radical (unpaired) electrons. The van der Waals surface area contributed by atoms with E-state index in [0.29, 0.717) is 0 Å². The first-order valence-electron chi connectivity index (χ1n) is 5.89. The molecule has 0 aromatic rings. The SMILES string of the molecule is NC(N)=O.NC(N)=O.O=C1CCCN1.O=C1CCCN1. The summed E-state index contributed by atoms with van der Waals surface area (Å²) in [6.45, 7) is 1.78. The van der Waals surface area contributed by atoms with Crippen molar-refractivity contribution in [3.8, 4) is 0 Å². The Kier molecular flexibility index (Phi) is 12.8. The third-order valence-electron chi connectivity index (χ3n) is 1.81. The lowest BCUT2D eigenvalue weighted by Gasteiger charge is -1.80. The van der Waals surface area contributed by atoms with Crippen LogP contribution in [0.5, 0.6) is 0 Å². The van der Waals surface area contributed by atoms with E-state index < -0.39 is 12.1 Å². The molecule has 0 bridgehead atoms. The lowest BCUT2D eigenvalue weighted by molar-refractivity contribution is -0.119. The van der Waals surface area contributed by atoms with E-state index in [1.807, 2.05) is 0 Å². The molecule has 0 saturated carbocycles. The summed E-state index contributed by atoms with van der Waals surface area (Å²) in [6, 6.07) is -1.67. The largest absolute Gasteiger partial charge is 0.356 e. The number of amides is 6. The zero-order valence-corrected chi connectivity index (χ0v) is 11.2. The highest BCUT2D eigenvalue weighted by Gasteiger charge is 2.05. The lowest BCUT2D eigenvalue weighted by Crippen LogP contribution is -2.18. The van der Waals surface area contributed by atoms with Gasteiger partial charge in [0.2, 0.25) is 11.8 Å². The Morgan fingerprint density at radius 1 is 0.750 bits per heavy atom. The van der Waals surface area contributed by atoms with Crippen molar-refractivity contribution in [2.24, 2.45) is 22.9 Å². The number of carbonyl (C=O) groups excluding carboxylic acids is 4. The standard InChI is InChI=1S/2C4H7NO.2CH4N2O/c2*6-4-2-1-3-5-4;2*2-1(3)4/h2*1-3H2,(H,5,6);2*(H4,2,3,4). The van der Waals surface area contributed by atoms with E-state index in [1.165, 1.54) is 0 Å². The van der Waals surface area contributed by atoms with Gasteiger partial charge in [-0.1, -0.05) is 0 Å². The van der Waals surface area contributed by atoms with Crippen molar-refractivity contribution in [1.29, 1.82) is 0 Å². The Labute approximate surface area is 116 Å². The fourth-order valence-corrected chi connectivity index (χ4v) is 1.13. The minimum absolute atomic E-state index is 0.204. The van der Waals surface area contributed by atoms with Crippen molar-refractivity contribution in [1.82, 2.24) is 10.6 Å². The quantitative estimate of drug-likeness (QED) is 0.295. The molecular formula is C10H22N6O4. The molecule has 0 spiro atoms. The maximum Gasteiger partial charge on any atom is 0.309 e. The van der Waals surface area contributed by atoms with Crippen molar-refractivity contribution in [2.75, 3.05) is 13.1 Å². The number of nitrogens with one attached hydrogen (secondary N) is 2. The van der Waals surface area contributed by atoms with Gasteiger partial charge in [0, 0.05) is 25.9 Å². The summed E-state index contributed by atoms with van der Waals surface area (Å²) in [4.78, 5) is 38.3. The fourth-order valence-electron chi connectivity index (χ4n) is 1.13. The Bertz CT molecular complexity index is 278. The van der Waals surface area contributed by atoms with Gasteiger partial charge in [-0.2, -0.15) is 0 Å². The van der Waals surface area contributed by atoms with Crippen LogP contribution < -0.4 is 33.6 Å². The molecule has 2 heterocycles. The summed E-state index contributed by atoms with van der Waals surface area (Å²) in [5, 5.41) is 5.36. The number of primary amides is 4. The summed E-state index contributed by atoms with van der Waals surface area (Å²) in [5.41, 5.74) is 17.0. The molecule has 0 aliphatic carbocycles. The van der Waals surface area contributed by atoms with Crippen LogP contribution in [0.25, 0.3) is 0 Å². The van der Waals surface area contributed by atoms with E-state index in [-0.39, 0.29) is 11.8 Å². The third kappa shape index (κ3) is 24.6. The van der Waals surface area contributed by atoms with Gasteiger partial charge in [0.05, 0.1) is 0 Å². The van der Waals surface area contributed by atoms with Crippen molar-refractivity contribution in [3.63, 3.8) is 0 Å². The number of urea groups is 2. The van der Waals surface area contributed by atoms with Gasteiger partial charge in [0.15, 0.2) is 0 Å². The predicted molar refractivity (Wildman–Crippen MR) is 72.0 cm³/mol. The summed E-state index contributed by atoms with van der Waals surface area (Å²) >= 11 is 0. The zero-order valence-electron chi connectivity index (χ0n) is 11.2. The molecule has 2 aliphatic rings. The topological polar surface area (TPSA) is 196 Å². The van der Waals surface area contributed by atoms with Gasteiger partial charge in [-0.25, -0.2) is 9.59 Å². The molecule has 2 aliphatic heterocycles. The minimum atomic E-state index is -0.833. The van der Waals surface area contributed by atoms with Crippen molar-refractivity contribution in [3.05, 3.63) is 0 Å². The van der Waals surface area contributed by atoms with Crippen molar-refractivity contribution in [2.45, 2.75) is 25.7 Å². The van der Waals surface area contributed by atoms with Crippen LogP contribution in [0, 0.1) is 0 Å². The van der Waals surface area contributed by atoms with Crippen LogP contribution in [0.4, 0.5) is 9.59 Å². The highest BCUT2D eigenvalue weighted by Crippen LogP contribution is 1.93. The van der Waals surface area contributed by atoms with Gasteiger partial charge < -0.3 is 33.6 Å². The summed E-state index contributed by atoms with van der Waals surface area (Å²) < 4.78 is 0. The molecule has 10 heteroatoms. The number of nitrogens with two attached hydrogens (primary N) is 4. The van der Waals surface area contributed by atoms with E-state index in [4.69, 9.17) is 9.59 Å². The molecule has 20 heavy (non-hydrogen) atoms. The Hall–Kier alpha value is -2.52. The van der Waals surface area contributed by atoms with E-state index in [9.17, 15) is 9.59 Å². The average molecular weight is 290 g/mol. The van der Waals surface area contributed by atoms with E-state index in [2.05, 4.69) is 33.6 Å². The second-order valence-corrected chi connectivity index (χ2v) is 3.71. The minimum Gasteiger partial charge on any atom is -0.356 e. The van der Waals surface area contributed by atoms with Crippen LogP contribution in [-0.4, -0.2) is 37.0 Å². The molecule has 2 rings (SSSR count). The average Bonchev–Trinajstić information content (AvgIpc) is 2.91. The van der Waals surface area contributed by atoms with Gasteiger partial charge in [-0.05, 0) is 12.8 Å². The van der Waals surface area contributed by atoms with Crippen molar-refractivity contribution < 1.29 is 19.2 Å². The maximum atomic E-state index is 10.1. The lowest BCUT2D eigenvalue weighted by atomic mass is 10.4. The molecule has 0 aromatic heterocycles. The summed E-state index contributed by atoms with van der Waals surface area (Å²) in [5.74, 6) is 0.407. The highest BCUT2D eigenvalue weighted by molar-refractivity contribution is 5.77. The van der Waals surface area contributed by atoms with Gasteiger partial charge >= 0.3 is 12.1 Å². The van der Waals surface area contributed by atoms with E-state index in [1.54, 1.807) is 0 Å². The molecular weight excluding hydrogens is 268 g/mol. The van der Waals surface area contributed by atoms with Crippen LogP contribution in [0.15, 0.2) is 0 Å². The molecule has 0 atom stereocenters. The van der Waals surface area contributed by atoms with Crippen LogP contribution >= 0.6 is 0 Å². The highest BCUT2D eigenvalue weighted by atomic mass is 16.2. The number of hydrogen-bond donors (Lipinski definition) is 6. The molecule has 116 valence electrons. The van der Waals surface area contributed by atoms with Crippen LogP contribution in [0.1, 0.15) is 25.7 Å². The molecule has 10 N–H and O–H groups in total. The van der Waals surface area contributed by atoms with Gasteiger partial charge in [0.1, 0.15) is 0 Å². The first-order chi connectivity index (χ1) is 9.25.